The predicted molar refractivity (Wildman–Crippen MR) is 107 cm³/mol. The van der Waals surface area contributed by atoms with Crippen LogP contribution >= 0.6 is 39.9 Å². The fourth-order valence-corrected chi connectivity index (χ4v) is 4.25. The van der Waals surface area contributed by atoms with E-state index in [1.807, 2.05) is 18.2 Å². The van der Waals surface area contributed by atoms with E-state index in [4.69, 9.17) is 11.6 Å². The fraction of sp³-hybridized carbons (Fsp3) is 0.105. The number of hydrogen-bond acceptors (Lipinski definition) is 1. The molecule has 0 saturated heterocycles. The summed E-state index contributed by atoms with van der Waals surface area (Å²) >= 11 is 7.83. The van der Waals surface area contributed by atoms with Crippen LogP contribution in [0.3, 0.4) is 0 Å². The van der Waals surface area contributed by atoms with Crippen molar-refractivity contribution in [2.45, 2.75) is 13.8 Å². The molecule has 4 aromatic rings. The monoisotopic (exact) mass is 419 g/mol. The van der Waals surface area contributed by atoms with Crippen LogP contribution in [0.2, 0.25) is 5.02 Å². The highest BCUT2D eigenvalue weighted by Gasteiger charge is 2.27. The van der Waals surface area contributed by atoms with Gasteiger partial charge in [0.1, 0.15) is 11.4 Å². The highest BCUT2D eigenvalue weighted by Crippen LogP contribution is 2.29. The number of nitrogens with zero attached hydrogens (tertiary/aromatic N) is 2. The lowest BCUT2D eigenvalue weighted by atomic mass is 10.1. The second-order valence-electron chi connectivity index (χ2n) is 5.61. The van der Waals surface area contributed by atoms with Crippen LogP contribution in [0, 0.1) is 13.8 Å². The van der Waals surface area contributed by atoms with Gasteiger partial charge >= 0.3 is 4.96 Å². The van der Waals surface area contributed by atoms with E-state index in [9.17, 15) is 0 Å². The summed E-state index contributed by atoms with van der Waals surface area (Å²) in [7, 11) is 0. The zero-order valence-electron chi connectivity index (χ0n) is 13.4. The number of imidazole rings is 1. The molecule has 5 heteroatoms. The van der Waals surface area contributed by atoms with Crippen molar-refractivity contribution >= 4 is 44.9 Å². The van der Waals surface area contributed by atoms with Crippen LogP contribution in [-0.4, -0.2) is 4.40 Å². The van der Waals surface area contributed by atoms with Gasteiger partial charge in [-0.1, -0.05) is 41.1 Å². The van der Waals surface area contributed by atoms with Crippen molar-refractivity contribution in [3.05, 3.63) is 76.4 Å². The summed E-state index contributed by atoms with van der Waals surface area (Å²) in [6.45, 7) is 4.33. The molecule has 2 heterocycles. The summed E-state index contributed by atoms with van der Waals surface area (Å²) in [5.41, 5.74) is 6.06. The smallest absolute Gasteiger partial charge is 0.183 e. The Hall–Kier alpha value is -1.62. The van der Waals surface area contributed by atoms with Gasteiger partial charge in [-0.2, -0.15) is 8.97 Å². The number of halogens is 2. The standard InChI is InChI=1S/C19H16ClN2S.BrH/c1-13-12-23-19-21(13)18(15-8-10-16(20)11-9-15)14(2)22(19)17-6-4-3-5-7-17;/h3-12H,1-2H3;1H/q+1;. The van der Waals surface area contributed by atoms with Crippen LogP contribution in [0.4, 0.5) is 0 Å². The van der Waals surface area contributed by atoms with E-state index >= 15 is 0 Å². The van der Waals surface area contributed by atoms with Gasteiger partial charge in [0, 0.05) is 22.9 Å². The van der Waals surface area contributed by atoms with E-state index in [-0.39, 0.29) is 17.0 Å². The van der Waals surface area contributed by atoms with E-state index in [2.05, 4.69) is 64.6 Å². The van der Waals surface area contributed by atoms with E-state index in [1.165, 1.54) is 33.3 Å². The van der Waals surface area contributed by atoms with Crippen LogP contribution in [0.15, 0.2) is 60.0 Å². The molecule has 0 atom stereocenters. The predicted octanol–water partition coefficient (Wildman–Crippen LogP) is 5.79. The minimum absolute atomic E-state index is 0. The van der Waals surface area contributed by atoms with Crippen molar-refractivity contribution in [3.63, 3.8) is 0 Å². The number of aromatic nitrogens is 2. The van der Waals surface area contributed by atoms with Gasteiger partial charge in [-0.15, -0.1) is 17.0 Å². The molecule has 0 amide bonds. The fourth-order valence-electron chi connectivity index (χ4n) is 3.06. The van der Waals surface area contributed by atoms with Crippen molar-refractivity contribution in [1.29, 1.82) is 0 Å². The first-order valence-corrected chi connectivity index (χ1v) is 8.75. The minimum Gasteiger partial charge on any atom is -0.183 e. The number of hydrogen-bond donors (Lipinski definition) is 0. The number of rotatable bonds is 2. The quantitative estimate of drug-likeness (QED) is 0.363. The van der Waals surface area contributed by atoms with E-state index in [1.54, 1.807) is 11.3 Å². The molecular weight excluding hydrogens is 404 g/mol. The summed E-state index contributed by atoms with van der Waals surface area (Å²) in [5, 5.41) is 2.96. The molecule has 0 radical (unpaired) electrons. The van der Waals surface area contributed by atoms with Crippen molar-refractivity contribution in [3.8, 4) is 16.9 Å². The van der Waals surface area contributed by atoms with E-state index in [0.717, 1.165) is 5.02 Å². The molecule has 122 valence electrons. The highest BCUT2D eigenvalue weighted by atomic mass is 79.9. The van der Waals surface area contributed by atoms with Gasteiger partial charge < -0.3 is 0 Å². The van der Waals surface area contributed by atoms with Crippen LogP contribution < -0.4 is 4.57 Å². The van der Waals surface area contributed by atoms with Crippen molar-refractivity contribution in [1.82, 2.24) is 4.40 Å². The summed E-state index contributed by atoms with van der Waals surface area (Å²) in [6.07, 6.45) is 0. The molecule has 0 N–H and O–H groups in total. The number of aryl methyl sites for hydroxylation is 1. The van der Waals surface area contributed by atoms with Gasteiger partial charge in [-0.3, -0.25) is 0 Å². The van der Waals surface area contributed by atoms with Crippen molar-refractivity contribution in [2.75, 3.05) is 0 Å². The Balaban J connectivity index is 0.00000169. The molecule has 2 aromatic carbocycles. The van der Waals surface area contributed by atoms with Crippen LogP contribution in [0.5, 0.6) is 0 Å². The SMILES string of the molecule is Br.Cc1csc2n1c(-c1ccc(Cl)cc1)c(C)[n+]2-c1ccccc1. The summed E-state index contributed by atoms with van der Waals surface area (Å²) in [4.78, 5) is 1.22. The topological polar surface area (TPSA) is 8.29 Å². The molecule has 0 aliphatic heterocycles. The lowest BCUT2D eigenvalue weighted by Gasteiger charge is -2.00. The lowest BCUT2D eigenvalue weighted by Crippen LogP contribution is -2.31. The van der Waals surface area contributed by atoms with Crippen LogP contribution in [0.1, 0.15) is 11.4 Å². The Bertz CT molecular complexity index is 988. The van der Waals surface area contributed by atoms with Crippen LogP contribution in [-0.2, 0) is 0 Å². The molecule has 0 bridgehead atoms. The average molecular weight is 421 g/mol. The first kappa shape index (κ1) is 17.2. The van der Waals surface area contributed by atoms with Gasteiger partial charge in [0.25, 0.3) is 0 Å². The summed E-state index contributed by atoms with van der Waals surface area (Å²) in [5.74, 6) is 0. The van der Waals surface area contributed by atoms with E-state index in [0.29, 0.717) is 0 Å². The lowest BCUT2D eigenvalue weighted by molar-refractivity contribution is -0.571. The van der Waals surface area contributed by atoms with Crippen molar-refractivity contribution in [2.24, 2.45) is 0 Å². The van der Waals surface area contributed by atoms with Crippen LogP contribution in [0.25, 0.3) is 21.9 Å². The molecule has 0 unspecified atom stereocenters. The number of benzene rings is 2. The molecule has 0 aliphatic carbocycles. The van der Waals surface area contributed by atoms with E-state index < -0.39 is 0 Å². The molecule has 0 spiro atoms. The molecule has 0 saturated carbocycles. The van der Waals surface area contributed by atoms with Gasteiger partial charge in [-0.05, 0) is 43.3 Å². The largest absolute Gasteiger partial charge is 0.351 e. The Morgan fingerprint density at radius 2 is 1.62 bits per heavy atom. The molecule has 2 aromatic heterocycles. The summed E-state index contributed by atoms with van der Waals surface area (Å²) in [6, 6.07) is 18.6. The Morgan fingerprint density at radius 1 is 0.958 bits per heavy atom. The Labute approximate surface area is 160 Å². The minimum atomic E-state index is 0. The number of para-hydroxylation sites is 1. The first-order chi connectivity index (χ1) is 11.2. The molecule has 24 heavy (non-hydrogen) atoms. The maximum Gasteiger partial charge on any atom is 0.351 e. The number of fused-ring (bicyclic) bond motifs is 1. The van der Waals surface area contributed by atoms with Gasteiger partial charge in [-0.25, -0.2) is 0 Å². The third-order valence-corrected chi connectivity index (χ3v) is 5.39. The molecule has 0 fully saturated rings. The van der Waals surface area contributed by atoms with Gasteiger partial charge in [0.2, 0.25) is 0 Å². The maximum absolute atomic E-state index is 6.06. The average Bonchev–Trinajstić information content (AvgIpc) is 3.06. The zero-order chi connectivity index (χ0) is 16.0. The second kappa shape index (κ2) is 6.71. The molecular formula is C19H17BrClN2S+. The first-order valence-electron chi connectivity index (χ1n) is 7.49. The molecule has 2 nitrogen and oxygen atoms in total. The van der Waals surface area contributed by atoms with Gasteiger partial charge in [0.15, 0.2) is 11.4 Å². The normalized spacial score (nSPS) is 10.8. The van der Waals surface area contributed by atoms with Gasteiger partial charge in [0.05, 0.1) is 0 Å². The zero-order valence-corrected chi connectivity index (χ0v) is 16.6. The van der Waals surface area contributed by atoms with Crippen molar-refractivity contribution < 1.29 is 4.57 Å². The summed E-state index contributed by atoms with van der Waals surface area (Å²) < 4.78 is 4.65. The molecule has 4 rings (SSSR count). The Kier molecular flexibility index (Phi) is 4.81. The number of thiazole rings is 1. The maximum atomic E-state index is 6.06. The highest BCUT2D eigenvalue weighted by molar-refractivity contribution is 8.93. The Morgan fingerprint density at radius 3 is 2.29 bits per heavy atom. The third-order valence-electron chi connectivity index (χ3n) is 4.10. The molecule has 0 aliphatic rings. The second-order valence-corrected chi connectivity index (χ2v) is 6.88. The third kappa shape index (κ3) is 2.69.